The van der Waals surface area contributed by atoms with Crippen molar-refractivity contribution >= 4 is 0 Å². The van der Waals surface area contributed by atoms with E-state index in [1.54, 1.807) is 6.07 Å². The molecule has 1 fully saturated rings. The molecule has 1 heterocycles. The Bertz CT molecular complexity index is 332. The number of benzene rings is 1. The number of hydrogen-bond donors (Lipinski definition) is 0. The molecule has 0 saturated carbocycles. The largest absolute Gasteiger partial charge is 0.370 e. The first-order valence-corrected chi connectivity index (χ1v) is 4.21. The highest BCUT2D eigenvalue weighted by Crippen LogP contribution is 2.36. The average molecular weight is 184 g/mol. The van der Waals surface area contributed by atoms with Crippen LogP contribution in [-0.4, -0.2) is 6.61 Å². The van der Waals surface area contributed by atoms with Crippen molar-refractivity contribution in [3.63, 3.8) is 0 Å². The number of ether oxygens (including phenoxy) is 1. The number of halogens is 2. The van der Waals surface area contributed by atoms with Gasteiger partial charge in [-0.3, -0.25) is 0 Å². The Morgan fingerprint density at radius 3 is 2.46 bits per heavy atom. The third kappa shape index (κ3) is 1.33. The van der Waals surface area contributed by atoms with E-state index in [-0.39, 0.29) is 0 Å². The van der Waals surface area contributed by atoms with Gasteiger partial charge in [0.05, 0.1) is 12.2 Å². The van der Waals surface area contributed by atoms with Gasteiger partial charge < -0.3 is 4.74 Å². The van der Waals surface area contributed by atoms with Crippen LogP contribution in [0, 0.1) is 11.6 Å². The second-order valence-electron chi connectivity index (χ2n) is 3.46. The molecule has 2 rings (SSSR count). The maximum absolute atomic E-state index is 12.8. The van der Waals surface area contributed by atoms with Crippen molar-refractivity contribution in [1.29, 1.82) is 0 Å². The Morgan fingerprint density at radius 2 is 2.00 bits per heavy atom. The van der Waals surface area contributed by atoms with E-state index >= 15 is 0 Å². The zero-order valence-corrected chi connectivity index (χ0v) is 7.31. The van der Waals surface area contributed by atoms with Crippen LogP contribution < -0.4 is 0 Å². The van der Waals surface area contributed by atoms with Crippen molar-refractivity contribution in [2.45, 2.75) is 18.9 Å². The van der Waals surface area contributed by atoms with Crippen molar-refractivity contribution < 1.29 is 13.5 Å². The molecule has 1 atom stereocenters. The summed E-state index contributed by atoms with van der Waals surface area (Å²) in [5.74, 6) is -1.62. The predicted octanol–water partition coefficient (Wildman–Crippen LogP) is 2.60. The average Bonchev–Trinajstić information content (AvgIpc) is 2.06. The van der Waals surface area contributed by atoms with Crippen LogP contribution in [0.3, 0.4) is 0 Å². The zero-order valence-electron chi connectivity index (χ0n) is 7.31. The minimum Gasteiger partial charge on any atom is -0.370 e. The van der Waals surface area contributed by atoms with E-state index in [0.717, 1.165) is 12.5 Å². The summed E-state index contributed by atoms with van der Waals surface area (Å²) in [7, 11) is 0. The zero-order chi connectivity index (χ0) is 9.47. The van der Waals surface area contributed by atoms with Gasteiger partial charge in [-0.15, -0.1) is 0 Å². The molecule has 1 aliphatic rings. The third-order valence-electron chi connectivity index (χ3n) is 2.53. The lowest BCUT2D eigenvalue weighted by Gasteiger charge is -2.39. The summed E-state index contributed by atoms with van der Waals surface area (Å²) in [5.41, 5.74) is 0.298. The molecular formula is C10H10F2O. The van der Waals surface area contributed by atoms with Crippen molar-refractivity contribution in [1.82, 2.24) is 0 Å². The fraction of sp³-hybridized carbons (Fsp3) is 0.400. The lowest BCUT2D eigenvalue weighted by atomic mass is 9.88. The molecule has 70 valence electrons. The standard InChI is InChI=1S/C10H10F2O/c1-10(4-5-13-10)7-2-3-8(11)9(12)6-7/h2-3,6H,4-5H2,1H3. The molecule has 0 bridgehead atoms. The Hall–Kier alpha value is -0.960. The molecule has 1 nitrogen and oxygen atoms in total. The van der Waals surface area contributed by atoms with Crippen LogP contribution in [0.2, 0.25) is 0 Å². The van der Waals surface area contributed by atoms with E-state index < -0.39 is 17.2 Å². The molecule has 0 spiro atoms. The number of hydrogen-bond acceptors (Lipinski definition) is 1. The molecule has 3 heteroatoms. The van der Waals surface area contributed by atoms with Gasteiger partial charge in [-0.1, -0.05) is 6.07 Å². The van der Waals surface area contributed by atoms with Crippen LogP contribution in [0.4, 0.5) is 8.78 Å². The summed E-state index contributed by atoms with van der Waals surface area (Å²) < 4.78 is 30.7. The lowest BCUT2D eigenvalue weighted by molar-refractivity contribution is -0.140. The SMILES string of the molecule is CC1(c2ccc(F)c(F)c2)CCO1. The van der Waals surface area contributed by atoms with Gasteiger partial charge in [0, 0.05) is 6.42 Å². The normalized spacial score (nSPS) is 27.0. The second kappa shape index (κ2) is 2.77. The van der Waals surface area contributed by atoms with Gasteiger partial charge in [0.15, 0.2) is 11.6 Å². The minimum atomic E-state index is -0.813. The molecule has 0 radical (unpaired) electrons. The third-order valence-corrected chi connectivity index (χ3v) is 2.53. The maximum atomic E-state index is 12.8. The first-order chi connectivity index (χ1) is 6.12. The molecular weight excluding hydrogens is 174 g/mol. The molecule has 1 aromatic carbocycles. The predicted molar refractivity (Wildman–Crippen MR) is 44.3 cm³/mol. The molecule has 0 N–H and O–H groups in total. The highest BCUT2D eigenvalue weighted by molar-refractivity contribution is 5.25. The molecule has 1 saturated heterocycles. The van der Waals surface area contributed by atoms with Gasteiger partial charge in [-0.05, 0) is 24.6 Å². The van der Waals surface area contributed by atoms with E-state index in [4.69, 9.17) is 4.74 Å². The van der Waals surface area contributed by atoms with Gasteiger partial charge >= 0.3 is 0 Å². The highest BCUT2D eigenvalue weighted by atomic mass is 19.2. The fourth-order valence-electron chi connectivity index (χ4n) is 1.46. The van der Waals surface area contributed by atoms with Crippen LogP contribution in [0.25, 0.3) is 0 Å². The first-order valence-electron chi connectivity index (χ1n) is 4.21. The summed E-state index contributed by atoms with van der Waals surface area (Å²) in [6.07, 6.45) is 0.859. The van der Waals surface area contributed by atoms with Crippen LogP contribution >= 0.6 is 0 Å². The van der Waals surface area contributed by atoms with E-state index in [9.17, 15) is 8.78 Å². The van der Waals surface area contributed by atoms with Gasteiger partial charge in [0.25, 0.3) is 0 Å². The molecule has 0 aromatic heterocycles. The smallest absolute Gasteiger partial charge is 0.159 e. The van der Waals surface area contributed by atoms with E-state index in [0.29, 0.717) is 12.2 Å². The van der Waals surface area contributed by atoms with Crippen LogP contribution in [0.1, 0.15) is 18.9 Å². The first kappa shape index (κ1) is 8.63. The van der Waals surface area contributed by atoms with E-state index in [1.807, 2.05) is 6.92 Å². The minimum absolute atomic E-state index is 0.408. The molecule has 1 aliphatic heterocycles. The molecule has 1 unspecified atom stereocenters. The summed E-state index contributed by atoms with van der Waals surface area (Å²) in [5, 5.41) is 0. The molecule has 13 heavy (non-hydrogen) atoms. The van der Waals surface area contributed by atoms with Crippen LogP contribution in [0.15, 0.2) is 18.2 Å². The summed E-state index contributed by atoms with van der Waals surface area (Å²) in [6, 6.07) is 3.91. The van der Waals surface area contributed by atoms with Crippen LogP contribution in [0.5, 0.6) is 0 Å². The Morgan fingerprint density at radius 1 is 1.31 bits per heavy atom. The summed E-state index contributed by atoms with van der Waals surface area (Å²) in [6.45, 7) is 2.57. The Balaban J connectivity index is 2.36. The van der Waals surface area contributed by atoms with E-state index in [1.165, 1.54) is 6.07 Å². The highest BCUT2D eigenvalue weighted by Gasteiger charge is 2.35. The summed E-state index contributed by atoms with van der Waals surface area (Å²) in [4.78, 5) is 0. The van der Waals surface area contributed by atoms with Crippen LogP contribution in [-0.2, 0) is 10.3 Å². The molecule has 0 aliphatic carbocycles. The van der Waals surface area contributed by atoms with Crippen molar-refractivity contribution in [3.8, 4) is 0 Å². The van der Waals surface area contributed by atoms with Gasteiger partial charge in [0.2, 0.25) is 0 Å². The molecule has 0 amide bonds. The monoisotopic (exact) mass is 184 g/mol. The van der Waals surface area contributed by atoms with Gasteiger partial charge in [-0.25, -0.2) is 8.78 Å². The van der Waals surface area contributed by atoms with E-state index in [2.05, 4.69) is 0 Å². The van der Waals surface area contributed by atoms with Crippen molar-refractivity contribution in [2.75, 3.05) is 6.61 Å². The van der Waals surface area contributed by atoms with Gasteiger partial charge in [0.1, 0.15) is 0 Å². The maximum Gasteiger partial charge on any atom is 0.159 e. The Kier molecular flexibility index (Phi) is 1.84. The lowest BCUT2D eigenvalue weighted by Crippen LogP contribution is -2.37. The van der Waals surface area contributed by atoms with Crippen molar-refractivity contribution in [3.05, 3.63) is 35.4 Å². The van der Waals surface area contributed by atoms with Gasteiger partial charge in [-0.2, -0.15) is 0 Å². The topological polar surface area (TPSA) is 9.23 Å². The Labute approximate surface area is 75.3 Å². The fourth-order valence-corrected chi connectivity index (χ4v) is 1.46. The molecule has 1 aromatic rings. The number of rotatable bonds is 1. The summed E-state index contributed by atoms with van der Waals surface area (Å²) >= 11 is 0. The quantitative estimate of drug-likeness (QED) is 0.651. The second-order valence-corrected chi connectivity index (χ2v) is 3.46. The van der Waals surface area contributed by atoms with Crippen molar-refractivity contribution in [2.24, 2.45) is 0 Å².